The zero-order chi connectivity index (χ0) is 16.4. The van der Waals surface area contributed by atoms with Gasteiger partial charge in [-0.2, -0.15) is 0 Å². The molecule has 2 rings (SSSR count). The molecule has 2 nitrogen and oxygen atoms in total. The molecule has 0 aromatic carbocycles. The van der Waals surface area contributed by atoms with Gasteiger partial charge < -0.3 is 9.84 Å². The van der Waals surface area contributed by atoms with Gasteiger partial charge in [0.05, 0.1) is 17.3 Å². The molecule has 2 heteroatoms. The normalized spacial score (nSPS) is 40.4. The van der Waals surface area contributed by atoms with Crippen LogP contribution in [0.3, 0.4) is 0 Å². The highest BCUT2D eigenvalue weighted by Gasteiger charge is 2.35. The molecule has 0 amide bonds. The molecule has 4 unspecified atom stereocenters. The van der Waals surface area contributed by atoms with Crippen LogP contribution in [0.1, 0.15) is 59.8 Å². The van der Waals surface area contributed by atoms with Crippen LogP contribution in [-0.4, -0.2) is 22.4 Å². The number of allylic oxidation sites excluding steroid dienone is 1. The van der Waals surface area contributed by atoms with Gasteiger partial charge in [0.25, 0.3) is 0 Å². The maximum Gasteiger partial charge on any atom is 0.0843 e. The van der Waals surface area contributed by atoms with E-state index in [0.29, 0.717) is 18.3 Å². The Labute approximate surface area is 136 Å². The van der Waals surface area contributed by atoms with Gasteiger partial charge in [0, 0.05) is 0 Å². The monoisotopic (exact) mass is 304 g/mol. The molecule has 0 radical (unpaired) electrons. The van der Waals surface area contributed by atoms with Crippen LogP contribution in [0, 0.1) is 11.8 Å². The molecule has 2 aliphatic rings. The van der Waals surface area contributed by atoms with Crippen molar-refractivity contribution in [3.8, 4) is 0 Å². The van der Waals surface area contributed by atoms with Crippen molar-refractivity contribution in [2.45, 2.75) is 77.1 Å². The Kier molecular flexibility index (Phi) is 5.34. The molecule has 1 fully saturated rings. The number of hydrogen-bond donors (Lipinski definition) is 1. The molecule has 2 aliphatic heterocycles. The zero-order valence-electron chi connectivity index (χ0n) is 14.6. The van der Waals surface area contributed by atoms with Gasteiger partial charge in [-0.05, 0) is 63.4 Å². The minimum Gasteiger partial charge on any atom is -0.386 e. The Balaban J connectivity index is 2.22. The van der Waals surface area contributed by atoms with E-state index >= 15 is 0 Å². The molecule has 0 aromatic heterocycles. The van der Waals surface area contributed by atoms with Crippen molar-refractivity contribution in [1.82, 2.24) is 0 Å². The molecule has 2 bridgehead atoms. The van der Waals surface area contributed by atoms with Crippen molar-refractivity contribution in [3.05, 3.63) is 36.5 Å². The fourth-order valence-corrected chi connectivity index (χ4v) is 3.38. The summed E-state index contributed by atoms with van der Waals surface area (Å²) in [6.45, 7) is 12.8. The lowest BCUT2D eigenvalue weighted by atomic mass is 9.86. The Bertz CT molecular complexity index is 458. The Hall–Kier alpha value is -0.860. The Morgan fingerprint density at radius 2 is 2.00 bits per heavy atom. The van der Waals surface area contributed by atoms with E-state index in [0.717, 1.165) is 25.7 Å². The van der Waals surface area contributed by atoms with Crippen molar-refractivity contribution < 1.29 is 9.84 Å². The SMILES string of the molecule is C=C1CCC(C(C)C)C=CC(C)(O)CC=CC2(C)CCC1O2. The summed E-state index contributed by atoms with van der Waals surface area (Å²) in [7, 11) is 0. The quantitative estimate of drug-likeness (QED) is 0.705. The van der Waals surface area contributed by atoms with Crippen LogP contribution in [0.25, 0.3) is 0 Å². The third kappa shape index (κ3) is 4.57. The minimum absolute atomic E-state index is 0.188. The predicted octanol–water partition coefficient (Wildman–Crippen LogP) is 4.80. The van der Waals surface area contributed by atoms with Crippen molar-refractivity contribution in [1.29, 1.82) is 0 Å². The van der Waals surface area contributed by atoms with Crippen LogP contribution >= 0.6 is 0 Å². The van der Waals surface area contributed by atoms with Crippen LogP contribution in [0.2, 0.25) is 0 Å². The van der Waals surface area contributed by atoms with Crippen LogP contribution < -0.4 is 0 Å². The number of rotatable bonds is 1. The van der Waals surface area contributed by atoms with E-state index in [9.17, 15) is 5.11 Å². The number of ether oxygens (including phenoxy) is 1. The molecule has 4 atom stereocenters. The van der Waals surface area contributed by atoms with Crippen molar-refractivity contribution in [3.63, 3.8) is 0 Å². The average Bonchev–Trinajstić information content (AvgIpc) is 2.79. The number of fused-ring (bicyclic) bond motifs is 2. The first-order valence-electron chi connectivity index (χ1n) is 8.66. The summed E-state index contributed by atoms with van der Waals surface area (Å²) in [5, 5.41) is 10.5. The Morgan fingerprint density at radius 1 is 1.27 bits per heavy atom. The lowest BCUT2D eigenvalue weighted by molar-refractivity contribution is 0.0200. The van der Waals surface area contributed by atoms with Gasteiger partial charge >= 0.3 is 0 Å². The van der Waals surface area contributed by atoms with Crippen LogP contribution in [0.4, 0.5) is 0 Å². The van der Waals surface area contributed by atoms with Crippen LogP contribution in [0.5, 0.6) is 0 Å². The maximum atomic E-state index is 10.5. The van der Waals surface area contributed by atoms with E-state index in [-0.39, 0.29) is 11.7 Å². The van der Waals surface area contributed by atoms with Crippen LogP contribution in [-0.2, 0) is 4.74 Å². The standard InChI is InChI=1S/C20H32O2/c1-15(2)17-8-7-16(3)18-10-14-20(5,22-18)12-6-11-19(4,21)13-9-17/h6,9,12-13,15,17-18,21H,3,7-8,10-11,14H2,1-2,4-5H3. The van der Waals surface area contributed by atoms with E-state index in [4.69, 9.17) is 4.74 Å². The minimum atomic E-state index is -0.789. The second-order valence-corrected chi connectivity index (χ2v) is 7.89. The second-order valence-electron chi connectivity index (χ2n) is 7.89. The first-order chi connectivity index (χ1) is 10.2. The van der Waals surface area contributed by atoms with E-state index in [2.05, 4.69) is 45.6 Å². The highest BCUT2D eigenvalue weighted by Crippen LogP contribution is 2.37. The maximum absolute atomic E-state index is 10.5. The smallest absolute Gasteiger partial charge is 0.0843 e. The fourth-order valence-electron chi connectivity index (χ4n) is 3.38. The van der Waals surface area contributed by atoms with Gasteiger partial charge in [0.15, 0.2) is 0 Å². The molecule has 0 spiro atoms. The highest BCUT2D eigenvalue weighted by atomic mass is 16.5. The van der Waals surface area contributed by atoms with E-state index < -0.39 is 5.60 Å². The summed E-state index contributed by atoms with van der Waals surface area (Å²) >= 11 is 0. The Morgan fingerprint density at radius 3 is 2.68 bits per heavy atom. The third-order valence-corrected chi connectivity index (χ3v) is 5.13. The molecule has 22 heavy (non-hydrogen) atoms. The largest absolute Gasteiger partial charge is 0.386 e. The number of aliphatic hydroxyl groups is 1. The van der Waals surface area contributed by atoms with Crippen LogP contribution in [0.15, 0.2) is 36.5 Å². The lowest BCUT2D eigenvalue weighted by Crippen LogP contribution is -2.24. The first kappa shape index (κ1) is 17.5. The molecule has 0 saturated carbocycles. The molecular formula is C20H32O2. The molecule has 1 N–H and O–H groups in total. The molecule has 1 saturated heterocycles. The van der Waals surface area contributed by atoms with Crippen molar-refractivity contribution in [2.24, 2.45) is 11.8 Å². The number of hydrogen-bond acceptors (Lipinski definition) is 2. The summed E-state index contributed by atoms with van der Waals surface area (Å²) in [5.74, 6) is 1.04. The fraction of sp³-hybridized carbons (Fsp3) is 0.700. The third-order valence-electron chi connectivity index (χ3n) is 5.13. The van der Waals surface area contributed by atoms with Gasteiger partial charge in [-0.1, -0.05) is 44.7 Å². The van der Waals surface area contributed by atoms with E-state index in [1.165, 1.54) is 5.57 Å². The van der Waals surface area contributed by atoms with Gasteiger partial charge in [-0.3, -0.25) is 0 Å². The molecule has 2 heterocycles. The predicted molar refractivity (Wildman–Crippen MR) is 92.7 cm³/mol. The zero-order valence-corrected chi connectivity index (χ0v) is 14.6. The van der Waals surface area contributed by atoms with E-state index in [1.54, 1.807) is 0 Å². The molecule has 0 aromatic rings. The summed E-state index contributed by atoms with van der Waals surface area (Å²) in [6.07, 6.45) is 13.3. The lowest BCUT2D eigenvalue weighted by Gasteiger charge is -2.23. The summed E-state index contributed by atoms with van der Waals surface area (Å²) in [6, 6.07) is 0. The highest BCUT2D eigenvalue weighted by molar-refractivity contribution is 5.14. The summed E-state index contributed by atoms with van der Waals surface area (Å²) < 4.78 is 6.25. The molecule has 124 valence electrons. The van der Waals surface area contributed by atoms with Gasteiger partial charge in [0.2, 0.25) is 0 Å². The second kappa shape index (κ2) is 6.72. The topological polar surface area (TPSA) is 29.5 Å². The van der Waals surface area contributed by atoms with Gasteiger partial charge in [-0.15, -0.1) is 0 Å². The van der Waals surface area contributed by atoms with Crippen molar-refractivity contribution >= 4 is 0 Å². The molecule has 0 aliphatic carbocycles. The van der Waals surface area contributed by atoms with Gasteiger partial charge in [-0.25, -0.2) is 0 Å². The summed E-state index contributed by atoms with van der Waals surface area (Å²) in [4.78, 5) is 0. The van der Waals surface area contributed by atoms with E-state index in [1.807, 2.05) is 13.0 Å². The van der Waals surface area contributed by atoms with Crippen molar-refractivity contribution in [2.75, 3.05) is 0 Å². The summed E-state index contributed by atoms with van der Waals surface area (Å²) in [5.41, 5.74) is 0.226. The van der Waals surface area contributed by atoms with Gasteiger partial charge in [0.1, 0.15) is 0 Å². The average molecular weight is 304 g/mol. The molecular weight excluding hydrogens is 272 g/mol. The first-order valence-corrected chi connectivity index (χ1v) is 8.66.